The predicted molar refractivity (Wildman–Crippen MR) is 79.8 cm³/mol. The lowest BCUT2D eigenvalue weighted by molar-refractivity contribution is 0.184. The number of ether oxygens (including phenoxy) is 1. The van der Waals surface area contributed by atoms with Crippen LogP contribution >= 0.6 is 0 Å². The van der Waals surface area contributed by atoms with E-state index in [1.54, 1.807) is 25.3 Å². The van der Waals surface area contributed by atoms with E-state index in [4.69, 9.17) is 10.5 Å². The smallest absolute Gasteiger partial charge is 0.241 e. The molecular weight excluding hydrogens is 276 g/mol. The van der Waals surface area contributed by atoms with E-state index in [0.717, 1.165) is 5.56 Å². The minimum Gasteiger partial charge on any atom is -0.380 e. The van der Waals surface area contributed by atoms with Crippen molar-refractivity contribution >= 4 is 10.0 Å². The average molecular weight is 300 g/mol. The number of methoxy groups -OCH3 is 1. The van der Waals surface area contributed by atoms with Crippen LogP contribution in [0.5, 0.6) is 0 Å². The van der Waals surface area contributed by atoms with Crippen LogP contribution in [0.2, 0.25) is 0 Å². The highest BCUT2D eigenvalue weighted by molar-refractivity contribution is 7.89. The Morgan fingerprint density at radius 1 is 1.30 bits per heavy atom. The van der Waals surface area contributed by atoms with Gasteiger partial charge < -0.3 is 10.5 Å². The summed E-state index contributed by atoms with van der Waals surface area (Å²) in [6.07, 6.45) is 1.30. The zero-order valence-electron chi connectivity index (χ0n) is 12.3. The van der Waals surface area contributed by atoms with Crippen LogP contribution in [0.4, 0.5) is 0 Å². The number of hydrogen-bond acceptors (Lipinski definition) is 4. The molecule has 0 aliphatic carbocycles. The van der Waals surface area contributed by atoms with E-state index in [1.807, 2.05) is 19.9 Å². The summed E-state index contributed by atoms with van der Waals surface area (Å²) in [6, 6.07) is 6.75. The van der Waals surface area contributed by atoms with E-state index in [1.165, 1.54) is 0 Å². The van der Waals surface area contributed by atoms with Crippen LogP contribution in [0, 0.1) is 0 Å². The van der Waals surface area contributed by atoms with Crippen molar-refractivity contribution in [2.75, 3.05) is 13.7 Å². The van der Waals surface area contributed by atoms with Crippen molar-refractivity contribution in [2.24, 2.45) is 5.73 Å². The second-order valence-corrected chi connectivity index (χ2v) is 6.56. The quantitative estimate of drug-likeness (QED) is 0.764. The van der Waals surface area contributed by atoms with E-state index in [-0.39, 0.29) is 11.4 Å². The maximum Gasteiger partial charge on any atom is 0.241 e. The van der Waals surface area contributed by atoms with E-state index in [0.29, 0.717) is 19.4 Å². The molecule has 0 radical (unpaired) electrons. The standard InChI is InChI=1S/C14H24N2O3S/c1-4-14(5-2,11-15)16-20(17,18)13-8-6-7-12(9-13)10-19-3/h6-9,16H,4-5,10-11,15H2,1-3H3. The van der Waals surface area contributed by atoms with Crippen LogP contribution in [0.25, 0.3) is 0 Å². The molecule has 20 heavy (non-hydrogen) atoms. The topological polar surface area (TPSA) is 81.4 Å². The fraction of sp³-hybridized carbons (Fsp3) is 0.571. The third-order valence-corrected chi connectivity index (χ3v) is 5.19. The zero-order valence-corrected chi connectivity index (χ0v) is 13.2. The van der Waals surface area contributed by atoms with Crippen molar-refractivity contribution in [1.82, 2.24) is 4.72 Å². The van der Waals surface area contributed by atoms with Gasteiger partial charge in [-0.3, -0.25) is 0 Å². The Kier molecular flexibility index (Phi) is 6.13. The monoisotopic (exact) mass is 300 g/mol. The normalized spacial score (nSPS) is 12.6. The van der Waals surface area contributed by atoms with Gasteiger partial charge in [0, 0.05) is 19.2 Å². The molecule has 3 N–H and O–H groups in total. The van der Waals surface area contributed by atoms with E-state index < -0.39 is 15.6 Å². The maximum absolute atomic E-state index is 12.5. The van der Waals surface area contributed by atoms with Gasteiger partial charge in [-0.05, 0) is 30.5 Å². The Hall–Kier alpha value is -0.950. The summed E-state index contributed by atoms with van der Waals surface area (Å²) < 4.78 is 32.7. The number of benzene rings is 1. The lowest BCUT2D eigenvalue weighted by Gasteiger charge is -2.31. The van der Waals surface area contributed by atoms with Crippen LogP contribution in [0.1, 0.15) is 32.3 Å². The molecule has 0 heterocycles. The van der Waals surface area contributed by atoms with Crippen molar-refractivity contribution in [3.05, 3.63) is 29.8 Å². The van der Waals surface area contributed by atoms with Crippen molar-refractivity contribution < 1.29 is 13.2 Å². The molecule has 0 atom stereocenters. The van der Waals surface area contributed by atoms with Crippen molar-refractivity contribution in [1.29, 1.82) is 0 Å². The van der Waals surface area contributed by atoms with E-state index >= 15 is 0 Å². The van der Waals surface area contributed by atoms with Crippen molar-refractivity contribution in [3.8, 4) is 0 Å². The molecule has 114 valence electrons. The maximum atomic E-state index is 12.5. The molecule has 1 aromatic carbocycles. The zero-order chi connectivity index (χ0) is 15.2. The number of nitrogens with two attached hydrogens (primary N) is 1. The third-order valence-electron chi connectivity index (χ3n) is 3.61. The summed E-state index contributed by atoms with van der Waals surface area (Å²) in [5, 5.41) is 0. The fourth-order valence-electron chi connectivity index (χ4n) is 2.04. The molecule has 0 fully saturated rings. The second-order valence-electron chi connectivity index (χ2n) is 4.88. The van der Waals surface area contributed by atoms with Gasteiger partial charge in [-0.2, -0.15) is 0 Å². The van der Waals surface area contributed by atoms with Gasteiger partial charge >= 0.3 is 0 Å². The number of nitrogens with one attached hydrogen (secondary N) is 1. The van der Waals surface area contributed by atoms with Crippen LogP contribution < -0.4 is 10.5 Å². The molecule has 0 aromatic heterocycles. The van der Waals surface area contributed by atoms with E-state index in [9.17, 15) is 8.42 Å². The molecule has 0 bridgehead atoms. The molecule has 1 aromatic rings. The van der Waals surface area contributed by atoms with Gasteiger partial charge in [0.2, 0.25) is 10.0 Å². The van der Waals surface area contributed by atoms with Gasteiger partial charge in [-0.1, -0.05) is 26.0 Å². The highest BCUT2D eigenvalue weighted by Gasteiger charge is 2.30. The first-order valence-corrected chi connectivity index (χ1v) is 8.23. The van der Waals surface area contributed by atoms with Gasteiger partial charge in [-0.15, -0.1) is 0 Å². The fourth-order valence-corrected chi connectivity index (χ4v) is 3.66. The third kappa shape index (κ3) is 4.02. The summed E-state index contributed by atoms with van der Waals surface area (Å²) in [4.78, 5) is 0.242. The second kappa shape index (κ2) is 7.17. The molecule has 0 amide bonds. The summed E-state index contributed by atoms with van der Waals surface area (Å²) in [5.74, 6) is 0. The first kappa shape index (κ1) is 17.1. The summed E-state index contributed by atoms with van der Waals surface area (Å²) in [7, 11) is -2.00. The molecule has 6 heteroatoms. The molecule has 0 unspecified atom stereocenters. The molecule has 0 spiro atoms. The predicted octanol–water partition coefficient (Wildman–Crippen LogP) is 1.63. The van der Waals surface area contributed by atoms with Crippen LogP contribution in [0.15, 0.2) is 29.2 Å². The number of sulfonamides is 1. The molecule has 0 aliphatic heterocycles. The van der Waals surface area contributed by atoms with Crippen LogP contribution in [0.3, 0.4) is 0 Å². The summed E-state index contributed by atoms with van der Waals surface area (Å²) in [5.41, 5.74) is 5.98. The number of hydrogen-bond donors (Lipinski definition) is 2. The molecule has 5 nitrogen and oxygen atoms in total. The Morgan fingerprint density at radius 3 is 2.45 bits per heavy atom. The first-order chi connectivity index (χ1) is 9.43. The average Bonchev–Trinajstić information content (AvgIpc) is 2.46. The Balaban J connectivity index is 3.07. The number of rotatable bonds is 8. The lowest BCUT2D eigenvalue weighted by atomic mass is 9.95. The Labute approximate surface area is 121 Å². The first-order valence-electron chi connectivity index (χ1n) is 6.75. The Morgan fingerprint density at radius 2 is 1.95 bits per heavy atom. The highest BCUT2D eigenvalue weighted by Crippen LogP contribution is 2.19. The molecule has 0 saturated carbocycles. The van der Waals surface area contributed by atoms with Gasteiger partial charge in [-0.25, -0.2) is 13.1 Å². The molecule has 0 saturated heterocycles. The van der Waals surface area contributed by atoms with E-state index in [2.05, 4.69) is 4.72 Å². The lowest BCUT2D eigenvalue weighted by Crippen LogP contribution is -2.52. The minimum absolute atomic E-state index is 0.242. The summed E-state index contributed by atoms with van der Waals surface area (Å²) in [6.45, 7) is 4.52. The Bertz CT molecular complexity index is 517. The molecule has 1 rings (SSSR count). The van der Waals surface area contributed by atoms with Crippen LogP contribution in [-0.2, 0) is 21.4 Å². The van der Waals surface area contributed by atoms with Crippen LogP contribution in [-0.4, -0.2) is 27.6 Å². The van der Waals surface area contributed by atoms with Gasteiger partial charge in [0.15, 0.2) is 0 Å². The van der Waals surface area contributed by atoms with Crippen molar-refractivity contribution in [3.63, 3.8) is 0 Å². The largest absolute Gasteiger partial charge is 0.380 e. The van der Waals surface area contributed by atoms with Gasteiger partial charge in [0.05, 0.1) is 11.5 Å². The molecule has 0 aliphatic rings. The highest BCUT2D eigenvalue weighted by atomic mass is 32.2. The minimum atomic E-state index is -3.58. The molecular formula is C14H24N2O3S. The van der Waals surface area contributed by atoms with Gasteiger partial charge in [0.1, 0.15) is 0 Å². The SMILES string of the molecule is CCC(CC)(CN)NS(=O)(=O)c1cccc(COC)c1. The summed E-state index contributed by atoms with van der Waals surface area (Å²) >= 11 is 0. The van der Waals surface area contributed by atoms with Gasteiger partial charge in [0.25, 0.3) is 0 Å². The van der Waals surface area contributed by atoms with Crippen molar-refractivity contribution in [2.45, 2.75) is 43.7 Å².